The fourth-order valence-electron chi connectivity index (χ4n) is 3.37. The van der Waals surface area contributed by atoms with Crippen molar-refractivity contribution in [2.45, 2.75) is 52.9 Å². The molecular formula is C18H35N3O. The predicted octanol–water partition coefficient (Wildman–Crippen LogP) is 2.35. The van der Waals surface area contributed by atoms with E-state index >= 15 is 0 Å². The van der Waals surface area contributed by atoms with Gasteiger partial charge in [-0.3, -0.25) is 9.69 Å². The van der Waals surface area contributed by atoms with Crippen LogP contribution in [-0.2, 0) is 4.79 Å². The summed E-state index contributed by atoms with van der Waals surface area (Å²) in [6.07, 6.45) is 5.57. The van der Waals surface area contributed by atoms with Crippen LogP contribution in [0.25, 0.3) is 0 Å². The molecule has 2 aliphatic rings. The zero-order chi connectivity index (χ0) is 16.0. The summed E-state index contributed by atoms with van der Waals surface area (Å²) >= 11 is 0. The molecule has 0 unspecified atom stereocenters. The maximum atomic E-state index is 12.4. The van der Waals surface area contributed by atoms with Gasteiger partial charge in [-0.1, -0.05) is 20.8 Å². The normalized spacial score (nSPS) is 22.0. The number of hydrogen-bond donors (Lipinski definition) is 1. The largest absolute Gasteiger partial charge is 0.340 e. The predicted molar refractivity (Wildman–Crippen MR) is 91.9 cm³/mol. The van der Waals surface area contributed by atoms with E-state index in [0.717, 1.165) is 58.0 Å². The average molecular weight is 309 g/mol. The average Bonchev–Trinajstić information content (AvgIpc) is 2.51. The van der Waals surface area contributed by atoms with Gasteiger partial charge in [0.05, 0.1) is 0 Å². The van der Waals surface area contributed by atoms with Gasteiger partial charge in [0, 0.05) is 32.6 Å². The van der Waals surface area contributed by atoms with Crippen molar-refractivity contribution < 1.29 is 4.79 Å². The van der Waals surface area contributed by atoms with E-state index < -0.39 is 0 Å². The first-order valence-electron chi connectivity index (χ1n) is 9.15. The molecule has 4 nitrogen and oxygen atoms in total. The molecule has 0 aromatic carbocycles. The van der Waals surface area contributed by atoms with Crippen molar-refractivity contribution in [3.63, 3.8) is 0 Å². The third-order valence-corrected chi connectivity index (χ3v) is 5.13. The standard InChI is InChI=1S/C18H35N3O/c1-18(2,3)8-11-20-12-14-21(15-13-20)17(22)5-4-16-6-9-19-10-7-16/h16,19H,4-15H2,1-3H3. The van der Waals surface area contributed by atoms with Crippen molar-refractivity contribution in [3.05, 3.63) is 0 Å². The van der Waals surface area contributed by atoms with Gasteiger partial charge < -0.3 is 10.2 Å². The number of piperidine rings is 1. The quantitative estimate of drug-likeness (QED) is 0.847. The summed E-state index contributed by atoms with van der Waals surface area (Å²) in [6, 6.07) is 0. The second-order valence-electron chi connectivity index (χ2n) is 8.27. The Bertz CT molecular complexity index is 337. The van der Waals surface area contributed by atoms with Crippen LogP contribution < -0.4 is 5.32 Å². The molecular weight excluding hydrogens is 274 g/mol. The Kier molecular flexibility index (Phi) is 6.69. The number of nitrogens with zero attached hydrogens (tertiary/aromatic N) is 2. The number of hydrogen-bond acceptors (Lipinski definition) is 3. The maximum Gasteiger partial charge on any atom is 0.222 e. The van der Waals surface area contributed by atoms with Gasteiger partial charge in [0.1, 0.15) is 0 Å². The number of carbonyl (C=O) groups is 1. The molecule has 0 atom stereocenters. The van der Waals surface area contributed by atoms with Gasteiger partial charge in [-0.05, 0) is 56.7 Å². The van der Waals surface area contributed by atoms with Gasteiger partial charge in [-0.2, -0.15) is 0 Å². The Morgan fingerprint density at radius 2 is 1.73 bits per heavy atom. The fourth-order valence-corrected chi connectivity index (χ4v) is 3.37. The minimum Gasteiger partial charge on any atom is -0.340 e. The summed E-state index contributed by atoms with van der Waals surface area (Å²) in [4.78, 5) is 17.0. The Hall–Kier alpha value is -0.610. The number of carbonyl (C=O) groups excluding carboxylic acids is 1. The molecule has 2 aliphatic heterocycles. The lowest BCUT2D eigenvalue weighted by atomic mass is 9.92. The molecule has 1 amide bonds. The summed E-state index contributed by atoms with van der Waals surface area (Å²) in [6.45, 7) is 14.3. The molecule has 0 bridgehead atoms. The minimum atomic E-state index is 0.383. The monoisotopic (exact) mass is 309 g/mol. The molecule has 1 N–H and O–H groups in total. The Morgan fingerprint density at radius 1 is 1.09 bits per heavy atom. The molecule has 0 saturated carbocycles. The topological polar surface area (TPSA) is 35.6 Å². The van der Waals surface area contributed by atoms with Crippen LogP contribution in [0.15, 0.2) is 0 Å². The molecule has 0 radical (unpaired) electrons. The number of nitrogens with one attached hydrogen (secondary N) is 1. The van der Waals surface area contributed by atoms with Gasteiger partial charge in [-0.15, -0.1) is 0 Å². The Balaban J connectivity index is 1.62. The van der Waals surface area contributed by atoms with Crippen LogP contribution in [-0.4, -0.2) is 61.5 Å². The number of rotatable bonds is 5. The van der Waals surface area contributed by atoms with Crippen molar-refractivity contribution in [1.29, 1.82) is 0 Å². The van der Waals surface area contributed by atoms with Gasteiger partial charge in [0.15, 0.2) is 0 Å². The number of piperazine rings is 1. The molecule has 0 spiro atoms. The van der Waals surface area contributed by atoms with Crippen LogP contribution in [0.1, 0.15) is 52.9 Å². The van der Waals surface area contributed by atoms with Gasteiger partial charge in [-0.25, -0.2) is 0 Å². The molecule has 2 heterocycles. The molecule has 22 heavy (non-hydrogen) atoms. The first kappa shape index (κ1) is 17.7. The van der Waals surface area contributed by atoms with Crippen LogP contribution in [0.5, 0.6) is 0 Å². The van der Waals surface area contributed by atoms with E-state index in [2.05, 4.69) is 35.9 Å². The summed E-state index contributed by atoms with van der Waals surface area (Å²) < 4.78 is 0. The van der Waals surface area contributed by atoms with Gasteiger partial charge >= 0.3 is 0 Å². The molecule has 4 heteroatoms. The lowest BCUT2D eigenvalue weighted by Gasteiger charge is -2.36. The third-order valence-electron chi connectivity index (χ3n) is 5.13. The van der Waals surface area contributed by atoms with E-state index in [1.165, 1.54) is 25.8 Å². The Morgan fingerprint density at radius 3 is 2.32 bits per heavy atom. The first-order valence-corrected chi connectivity index (χ1v) is 9.15. The molecule has 2 saturated heterocycles. The third kappa shape index (κ3) is 6.25. The van der Waals surface area contributed by atoms with Crippen LogP contribution in [0, 0.1) is 11.3 Å². The van der Waals surface area contributed by atoms with E-state index in [9.17, 15) is 4.79 Å². The van der Waals surface area contributed by atoms with Crippen molar-refractivity contribution in [1.82, 2.24) is 15.1 Å². The number of amides is 1. The van der Waals surface area contributed by atoms with Crippen LogP contribution in [0.4, 0.5) is 0 Å². The van der Waals surface area contributed by atoms with Crippen molar-refractivity contribution in [2.75, 3.05) is 45.8 Å². The zero-order valence-electron chi connectivity index (χ0n) is 14.9. The van der Waals surface area contributed by atoms with Gasteiger partial charge in [0.2, 0.25) is 5.91 Å². The summed E-state index contributed by atoms with van der Waals surface area (Å²) in [5, 5.41) is 3.39. The minimum absolute atomic E-state index is 0.383. The highest BCUT2D eigenvalue weighted by Gasteiger charge is 2.23. The molecule has 128 valence electrons. The van der Waals surface area contributed by atoms with E-state index in [4.69, 9.17) is 0 Å². The summed E-state index contributed by atoms with van der Waals surface area (Å²) in [7, 11) is 0. The van der Waals surface area contributed by atoms with E-state index in [-0.39, 0.29) is 0 Å². The second-order valence-corrected chi connectivity index (χ2v) is 8.27. The van der Waals surface area contributed by atoms with Crippen LogP contribution >= 0.6 is 0 Å². The summed E-state index contributed by atoms with van der Waals surface area (Å²) in [5.41, 5.74) is 0.405. The zero-order valence-corrected chi connectivity index (χ0v) is 14.9. The van der Waals surface area contributed by atoms with E-state index in [1.807, 2.05) is 0 Å². The van der Waals surface area contributed by atoms with Crippen molar-refractivity contribution in [2.24, 2.45) is 11.3 Å². The van der Waals surface area contributed by atoms with E-state index in [0.29, 0.717) is 11.3 Å². The van der Waals surface area contributed by atoms with E-state index in [1.54, 1.807) is 0 Å². The molecule has 2 fully saturated rings. The Labute approximate surface area is 136 Å². The highest BCUT2D eigenvalue weighted by Crippen LogP contribution is 2.20. The molecule has 2 rings (SSSR count). The molecule has 0 aromatic heterocycles. The highest BCUT2D eigenvalue weighted by molar-refractivity contribution is 5.76. The van der Waals surface area contributed by atoms with Crippen LogP contribution in [0.2, 0.25) is 0 Å². The fraction of sp³-hybridized carbons (Fsp3) is 0.944. The molecule has 0 aromatic rings. The second kappa shape index (κ2) is 8.30. The molecule has 0 aliphatic carbocycles. The van der Waals surface area contributed by atoms with Gasteiger partial charge in [0.25, 0.3) is 0 Å². The maximum absolute atomic E-state index is 12.4. The summed E-state index contributed by atoms with van der Waals surface area (Å²) in [5.74, 6) is 1.15. The SMILES string of the molecule is CC(C)(C)CCN1CCN(C(=O)CCC2CCNCC2)CC1. The highest BCUT2D eigenvalue weighted by atomic mass is 16.2. The smallest absolute Gasteiger partial charge is 0.222 e. The van der Waals surface area contributed by atoms with Crippen LogP contribution in [0.3, 0.4) is 0 Å². The lowest BCUT2D eigenvalue weighted by Crippen LogP contribution is -2.49. The lowest BCUT2D eigenvalue weighted by molar-refractivity contribution is -0.133. The van der Waals surface area contributed by atoms with Crippen molar-refractivity contribution in [3.8, 4) is 0 Å². The first-order chi connectivity index (χ1) is 10.4. The van der Waals surface area contributed by atoms with Crippen molar-refractivity contribution >= 4 is 5.91 Å².